The Morgan fingerprint density at radius 2 is 2.12 bits per heavy atom. The lowest BCUT2D eigenvalue weighted by molar-refractivity contribution is 0.141. The molecule has 1 atom stereocenters. The monoisotopic (exact) mass is 250 g/mol. The second kappa shape index (κ2) is 6.46. The van der Waals surface area contributed by atoms with Crippen molar-refractivity contribution >= 4 is 11.8 Å². The van der Waals surface area contributed by atoms with Crippen LogP contribution in [0.25, 0.3) is 0 Å². The average Bonchev–Trinajstić information content (AvgIpc) is 2.40. The van der Waals surface area contributed by atoms with Crippen molar-refractivity contribution in [2.75, 3.05) is 11.5 Å². The van der Waals surface area contributed by atoms with Gasteiger partial charge in [-0.2, -0.15) is 11.8 Å². The first-order valence-electron chi connectivity index (χ1n) is 6.64. The van der Waals surface area contributed by atoms with Gasteiger partial charge in [-0.15, -0.1) is 0 Å². The molecule has 2 heteroatoms. The number of aliphatic hydroxyl groups excluding tert-OH is 1. The number of thioether (sulfide) groups is 1. The molecule has 1 aromatic rings. The summed E-state index contributed by atoms with van der Waals surface area (Å²) in [6, 6.07) is 8.41. The van der Waals surface area contributed by atoms with E-state index in [1.165, 1.54) is 29.9 Å². The topological polar surface area (TPSA) is 20.2 Å². The third kappa shape index (κ3) is 3.75. The van der Waals surface area contributed by atoms with Gasteiger partial charge in [0.2, 0.25) is 0 Å². The standard InChI is InChI=1S/C15H22OS/c1-2-12-4-3-5-14(10-12)15(16)11-13-6-8-17-9-7-13/h3-5,10,13,15-16H,2,6-9,11H2,1H3. The third-order valence-electron chi connectivity index (χ3n) is 3.64. The lowest BCUT2D eigenvalue weighted by Crippen LogP contribution is -2.13. The molecule has 0 amide bonds. The van der Waals surface area contributed by atoms with Crippen molar-refractivity contribution in [3.8, 4) is 0 Å². The maximum atomic E-state index is 10.3. The second-order valence-corrected chi connectivity index (χ2v) is 6.13. The summed E-state index contributed by atoms with van der Waals surface area (Å²) >= 11 is 2.05. The largest absolute Gasteiger partial charge is 0.388 e. The molecule has 1 aliphatic rings. The zero-order chi connectivity index (χ0) is 12.1. The molecule has 1 heterocycles. The van der Waals surface area contributed by atoms with E-state index in [2.05, 4.69) is 31.2 Å². The predicted molar refractivity (Wildman–Crippen MR) is 75.4 cm³/mol. The van der Waals surface area contributed by atoms with Crippen molar-refractivity contribution in [1.29, 1.82) is 0 Å². The first-order valence-corrected chi connectivity index (χ1v) is 7.79. The lowest BCUT2D eigenvalue weighted by atomic mass is 9.92. The lowest BCUT2D eigenvalue weighted by Gasteiger charge is -2.24. The number of hydrogen-bond acceptors (Lipinski definition) is 2. The Bertz CT molecular complexity index is 345. The first kappa shape index (κ1) is 13.0. The van der Waals surface area contributed by atoms with Gasteiger partial charge in [0.1, 0.15) is 0 Å². The second-order valence-electron chi connectivity index (χ2n) is 4.91. The number of hydrogen-bond donors (Lipinski definition) is 1. The Balaban J connectivity index is 1.95. The highest BCUT2D eigenvalue weighted by molar-refractivity contribution is 7.99. The molecule has 1 saturated heterocycles. The quantitative estimate of drug-likeness (QED) is 0.876. The first-order chi connectivity index (χ1) is 8.29. The molecule has 0 saturated carbocycles. The molecule has 94 valence electrons. The van der Waals surface area contributed by atoms with Crippen LogP contribution in [0.2, 0.25) is 0 Å². The number of aryl methyl sites for hydroxylation is 1. The van der Waals surface area contributed by atoms with Gasteiger partial charge in [-0.25, -0.2) is 0 Å². The molecule has 1 nitrogen and oxygen atoms in total. The summed E-state index contributed by atoms with van der Waals surface area (Å²) in [5, 5.41) is 10.3. The van der Waals surface area contributed by atoms with Crippen molar-refractivity contribution in [2.45, 2.75) is 38.7 Å². The molecular formula is C15H22OS. The summed E-state index contributed by atoms with van der Waals surface area (Å²) in [5.74, 6) is 3.26. The Morgan fingerprint density at radius 1 is 1.35 bits per heavy atom. The Labute approximate surface area is 109 Å². The van der Waals surface area contributed by atoms with E-state index >= 15 is 0 Å². The molecule has 1 unspecified atom stereocenters. The fourth-order valence-corrected chi connectivity index (χ4v) is 3.66. The van der Waals surface area contributed by atoms with Crippen molar-refractivity contribution in [3.05, 3.63) is 35.4 Å². The van der Waals surface area contributed by atoms with E-state index in [0.717, 1.165) is 24.3 Å². The van der Waals surface area contributed by atoms with Crippen molar-refractivity contribution in [3.63, 3.8) is 0 Å². The van der Waals surface area contributed by atoms with Crippen LogP contribution in [0, 0.1) is 5.92 Å². The van der Waals surface area contributed by atoms with Crippen LogP contribution < -0.4 is 0 Å². The van der Waals surface area contributed by atoms with Gasteiger partial charge in [-0.3, -0.25) is 0 Å². The normalized spacial score (nSPS) is 19.2. The highest BCUT2D eigenvalue weighted by Gasteiger charge is 2.18. The molecule has 17 heavy (non-hydrogen) atoms. The van der Waals surface area contributed by atoms with Gasteiger partial charge in [-0.1, -0.05) is 31.2 Å². The van der Waals surface area contributed by atoms with Gasteiger partial charge < -0.3 is 5.11 Å². The maximum Gasteiger partial charge on any atom is 0.0792 e. The summed E-state index contributed by atoms with van der Waals surface area (Å²) in [6.45, 7) is 2.16. The zero-order valence-corrected chi connectivity index (χ0v) is 11.4. The van der Waals surface area contributed by atoms with E-state index in [1.54, 1.807) is 0 Å². The van der Waals surface area contributed by atoms with Gasteiger partial charge >= 0.3 is 0 Å². The molecule has 1 fully saturated rings. The minimum atomic E-state index is -0.269. The Hall–Kier alpha value is -0.470. The fraction of sp³-hybridized carbons (Fsp3) is 0.600. The van der Waals surface area contributed by atoms with E-state index in [1.807, 2.05) is 11.8 Å². The SMILES string of the molecule is CCc1cccc(C(O)CC2CCSCC2)c1. The number of aliphatic hydroxyl groups is 1. The van der Waals surface area contributed by atoms with Crippen LogP contribution in [0.1, 0.15) is 43.4 Å². The maximum absolute atomic E-state index is 10.3. The molecular weight excluding hydrogens is 228 g/mol. The van der Waals surface area contributed by atoms with E-state index < -0.39 is 0 Å². The Morgan fingerprint density at radius 3 is 2.82 bits per heavy atom. The highest BCUT2D eigenvalue weighted by Crippen LogP contribution is 2.31. The van der Waals surface area contributed by atoms with Gasteiger partial charge in [0.15, 0.2) is 0 Å². The molecule has 1 aromatic carbocycles. The van der Waals surface area contributed by atoms with Crippen LogP contribution in [0.5, 0.6) is 0 Å². The van der Waals surface area contributed by atoms with Crippen molar-refractivity contribution in [2.24, 2.45) is 5.92 Å². The molecule has 0 aromatic heterocycles. The highest BCUT2D eigenvalue weighted by atomic mass is 32.2. The zero-order valence-electron chi connectivity index (χ0n) is 10.6. The molecule has 0 radical (unpaired) electrons. The van der Waals surface area contributed by atoms with Crippen LogP contribution in [0.3, 0.4) is 0 Å². The van der Waals surface area contributed by atoms with E-state index in [4.69, 9.17) is 0 Å². The van der Waals surface area contributed by atoms with Crippen molar-refractivity contribution in [1.82, 2.24) is 0 Å². The summed E-state index contributed by atoms with van der Waals surface area (Å²) in [5.41, 5.74) is 2.42. The van der Waals surface area contributed by atoms with Gasteiger partial charge in [0.05, 0.1) is 6.10 Å². The van der Waals surface area contributed by atoms with Crippen LogP contribution in [0.4, 0.5) is 0 Å². The number of rotatable bonds is 4. The predicted octanol–water partition coefficient (Wildman–Crippen LogP) is 3.82. The van der Waals surface area contributed by atoms with Gasteiger partial charge in [0.25, 0.3) is 0 Å². The summed E-state index contributed by atoms with van der Waals surface area (Å²) in [6.07, 6.45) is 4.26. The van der Waals surface area contributed by atoms with Crippen LogP contribution in [0.15, 0.2) is 24.3 Å². The van der Waals surface area contributed by atoms with E-state index in [9.17, 15) is 5.11 Å². The summed E-state index contributed by atoms with van der Waals surface area (Å²) in [4.78, 5) is 0. The Kier molecular flexibility index (Phi) is 4.93. The third-order valence-corrected chi connectivity index (χ3v) is 4.69. The molecule has 2 rings (SSSR count). The molecule has 1 N–H and O–H groups in total. The summed E-state index contributed by atoms with van der Waals surface area (Å²) in [7, 11) is 0. The number of benzene rings is 1. The minimum absolute atomic E-state index is 0.269. The summed E-state index contributed by atoms with van der Waals surface area (Å²) < 4.78 is 0. The molecule has 0 spiro atoms. The molecule has 1 aliphatic heterocycles. The molecule has 0 bridgehead atoms. The van der Waals surface area contributed by atoms with Crippen LogP contribution >= 0.6 is 11.8 Å². The minimum Gasteiger partial charge on any atom is -0.388 e. The molecule has 0 aliphatic carbocycles. The van der Waals surface area contributed by atoms with Crippen LogP contribution in [-0.2, 0) is 6.42 Å². The van der Waals surface area contributed by atoms with Gasteiger partial charge in [0, 0.05) is 0 Å². The average molecular weight is 250 g/mol. The van der Waals surface area contributed by atoms with Crippen LogP contribution in [-0.4, -0.2) is 16.6 Å². The van der Waals surface area contributed by atoms with E-state index in [0.29, 0.717) is 0 Å². The van der Waals surface area contributed by atoms with E-state index in [-0.39, 0.29) is 6.10 Å². The van der Waals surface area contributed by atoms with Crippen molar-refractivity contribution < 1.29 is 5.11 Å². The fourth-order valence-electron chi connectivity index (χ4n) is 2.45. The van der Waals surface area contributed by atoms with Gasteiger partial charge in [-0.05, 0) is 54.2 Å². The smallest absolute Gasteiger partial charge is 0.0792 e.